The summed E-state index contributed by atoms with van der Waals surface area (Å²) in [5.41, 5.74) is 0. The molecule has 0 aromatic carbocycles. The van der Waals surface area contributed by atoms with Crippen molar-refractivity contribution in [2.75, 3.05) is 45.2 Å². The Balaban J connectivity index is 1.63. The molecule has 0 amide bonds. The molecule has 3 aliphatic heterocycles. The summed E-state index contributed by atoms with van der Waals surface area (Å²) >= 11 is 0. The minimum atomic E-state index is 0.606. The first kappa shape index (κ1) is 12.9. The van der Waals surface area contributed by atoms with E-state index in [9.17, 15) is 0 Å². The molecular weight excluding hydrogens is 240 g/mol. The third-order valence-electron chi connectivity index (χ3n) is 4.46. The van der Waals surface area contributed by atoms with Crippen molar-refractivity contribution in [3.63, 3.8) is 0 Å². The van der Waals surface area contributed by atoms with E-state index in [4.69, 9.17) is 4.74 Å². The van der Waals surface area contributed by atoms with Crippen LogP contribution in [0.1, 0.15) is 25.3 Å². The topological polar surface area (TPSA) is 42.3 Å². The summed E-state index contributed by atoms with van der Waals surface area (Å²) in [5, 5.41) is 3.44. The van der Waals surface area contributed by atoms with E-state index in [0.29, 0.717) is 6.04 Å². The number of methoxy groups -OCH3 is 1. The highest BCUT2D eigenvalue weighted by atomic mass is 16.5. The van der Waals surface area contributed by atoms with E-state index in [0.717, 1.165) is 31.4 Å². The fourth-order valence-electron chi connectivity index (χ4n) is 3.38. The zero-order valence-electron chi connectivity index (χ0n) is 11.7. The summed E-state index contributed by atoms with van der Waals surface area (Å²) in [5.74, 6) is 1.86. The SMILES string of the molecule is COCCCNc1nccn1C1CN2CCC1CC2. The highest BCUT2D eigenvalue weighted by Gasteiger charge is 2.35. The lowest BCUT2D eigenvalue weighted by molar-refractivity contribution is 0.0579. The maximum absolute atomic E-state index is 5.07. The smallest absolute Gasteiger partial charge is 0.203 e. The molecule has 1 atom stereocenters. The number of aromatic nitrogens is 2. The van der Waals surface area contributed by atoms with E-state index in [1.807, 2.05) is 6.20 Å². The van der Waals surface area contributed by atoms with Gasteiger partial charge in [-0.15, -0.1) is 0 Å². The maximum atomic E-state index is 5.07. The lowest BCUT2D eigenvalue weighted by Gasteiger charge is -2.45. The van der Waals surface area contributed by atoms with Crippen LogP contribution in [0.4, 0.5) is 5.95 Å². The van der Waals surface area contributed by atoms with Gasteiger partial charge in [0.2, 0.25) is 5.95 Å². The zero-order valence-corrected chi connectivity index (χ0v) is 11.7. The van der Waals surface area contributed by atoms with Crippen molar-refractivity contribution in [1.29, 1.82) is 0 Å². The van der Waals surface area contributed by atoms with Crippen LogP contribution in [0.2, 0.25) is 0 Å². The summed E-state index contributed by atoms with van der Waals surface area (Å²) in [6.07, 6.45) is 7.74. The van der Waals surface area contributed by atoms with E-state index in [1.165, 1.54) is 32.5 Å². The molecule has 3 saturated heterocycles. The molecule has 3 aliphatic rings. The molecule has 1 unspecified atom stereocenters. The van der Waals surface area contributed by atoms with E-state index in [2.05, 4.69) is 26.0 Å². The molecule has 0 aliphatic carbocycles. The summed E-state index contributed by atoms with van der Waals surface area (Å²) < 4.78 is 7.42. The van der Waals surface area contributed by atoms with Gasteiger partial charge >= 0.3 is 0 Å². The molecule has 1 N–H and O–H groups in total. The van der Waals surface area contributed by atoms with Crippen LogP contribution in [0.15, 0.2) is 12.4 Å². The van der Waals surface area contributed by atoms with Crippen molar-refractivity contribution in [3.05, 3.63) is 12.4 Å². The lowest BCUT2D eigenvalue weighted by Crippen LogP contribution is -2.48. The molecule has 0 spiro atoms. The first-order valence-corrected chi connectivity index (χ1v) is 7.36. The van der Waals surface area contributed by atoms with Gasteiger partial charge in [-0.1, -0.05) is 0 Å². The second kappa shape index (κ2) is 5.92. The Kier molecular flexibility index (Phi) is 4.03. The number of nitrogens with one attached hydrogen (secondary N) is 1. The van der Waals surface area contributed by atoms with Gasteiger partial charge in [-0.25, -0.2) is 4.98 Å². The molecule has 5 nitrogen and oxygen atoms in total. The molecule has 3 fully saturated rings. The van der Waals surface area contributed by atoms with Crippen LogP contribution in [-0.4, -0.2) is 54.3 Å². The summed E-state index contributed by atoms with van der Waals surface area (Å²) in [4.78, 5) is 7.05. The van der Waals surface area contributed by atoms with Crippen LogP contribution in [0.3, 0.4) is 0 Å². The number of piperidine rings is 3. The van der Waals surface area contributed by atoms with Crippen molar-refractivity contribution >= 4 is 5.95 Å². The van der Waals surface area contributed by atoms with Crippen LogP contribution in [-0.2, 0) is 4.74 Å². The van der Waals surface area contributed by atoms with Gasteiger partial charge in [0, 0.05) is 39.2 Å². The molecule has 106 valence electrons. The molecule has 0 radical (unpaired) electrons. The fraction of sp³-hybridized carbons (Fsp3) is 0.786. The monoisotopic (exact) mass is 264 g/mol. The normalized spacial score (nSPS) is 29.6. The first-order chi connectivity index (χ1) is 9.38. The largest absolute Gasteiger partial charge is 0.385 e. The average molecular weight is 264 g/mol. The maximum Gasteiger partial charge on any atom is 0.203 e. The standard InChI is InChI=1S/C14H24N4O/c1-19-10-2-5-15-14-16-6-9-18(14)13-11-17-7-3-12(13)4-8-17/h6,9,12-13H,2-5,7-8,10-11H2,1H3,(H,15,16). The van der Waals surface area contributed by atoms with Gasteiger partial charge in [0.15, 0.2) is 0 Å². The van der Waals surface area contributed by atoms with Crippen LogP contribution in [0.25, 0.3) is 0 Å². The number of imidazole rings is 1. The van der Waals surface area contributed by atoms with Gasteiger partial charge in [-0.2, -0.15) is 0 Å². The van der Waals surface area contributed by atoms with Gasteiger partial charge in [-0.05, 0) is 38.3 Å². The van der Waals surface area contributed by atoms with Crippen molar-refractivity contribution in [1.82, 2.24) is 14.5 Å². The molecule has 1 aromatic rings. The molecule has 5 heteroatoms. The van der Waals surface area contributed by atoms with Crippen molar-refractivity contribution < 1.29 is 4.74 Å². The molecule has 4 rings (SSSR count). The molecule has 1 aromatic heterocycles. The van der Waals surface area contributed by atoms with Gasteiger partial charge in [-0.3, -0.25) is 0 Å². The summed E-state index contributed by atoms with van der Waals surface area (Å²) in [7, 11) is 1.74. The number of fused-ring (bicyclic) bond motifs is 3. The van der Waals surface area contributed by atoms with Crippen molar-refractivity contribution in [3.8, 4) is 0 Å². The second-order valence-electron chi connectivity index (χ2n) is 5.64. The van der Waals surface area contributed by atoms with Crippen LogP contribution in [0.5, 0.6) is 0 Å². The quantitative estimate of drug-likeness (QED) is 0.793. The Morgan fingerprint density at radius 1 is 1.42 bits per heavy atom. The Bertz CT molecular complexity index is 398. The Labute approximate surface area is 114 Å². The van der Waals surface area contributed by atoms with Crippen molar-refractivity contribution in [2.45, 2.75) is 25.3 Å². The number of hydrogen-bond acceptors (Lipinski definition) is 4. The highest BCUT2D eigenvalue weighted by molar-refractivity contribution is 5.27. The van der Waals surface area contributed by atoms with Gasteiger partial charge in [0.1, 0.15) is 0 Å². The molecular formula is C14H24N4O. The summed E-state index contributed by atoms with van der Waals surface area (Å²) in [6, 6.07) is 0.606. The molecule has 0 saturated carbocycles. The van der Waals surface area contributed by atoms with Crippen molar-refractivity contribution in [2.24, 2.45) is 5.92 Å². The van der Waals surface area contributed by atoms with Gasteiger partial charge in [0.05, 0.1) is 6.04 Å². The minimum Gasteiger partial charge on any atom is -0.385 e. The predicted molar refractivity (Wildman–Crippen MR) is 75.4 cm³/mol. The van der Waals surface area contributed by atoms with Crippen LogP contribution >= 0.6 is 0 Å². The third-order valence-corrected chi connectivity index (χ3v) is 4.46. The molecule has 4 heterocycles. The van der Waals surface area contributed by atoms with Gasteiger partial charge in [0.25, 0.3) is 0 Å². The number of hydrogen-bond donors (Lipinski definition) is 1. The number of rotatable bonds is 6. The Morgan fingerprint density at radius 3 is 2.95 bits per heavy atom. The van der Waals surface area contributed by atoms with Crippen LogP contribution < -0.4 is 5.32 Å². The summed E-state index contributed by atoms with van der Waals surface area (Å²) in [6.45, 7) is 5.48. The van der Waals surface area contributed by atoms with E-state index in [-0.39, 0.29) is 0 Å². The average Bonchev–Trinajstić information content (AvgIpc) is 2.93. The zero-order chi connectivity index (χ0) is 13.1. The van der Waals surface area contributed by atoms with E-state index in [1.54, 1.807) is 7.11 Å². The predicted octanol–water partition coefficient (Wildman–Crippen LogP) is 1.60. The van der Waals surface area contributed by atoms with E-state index >= 15 is 0 Å². The lowest BCUT2D eigenvalue weighted by atomic mass is 9.84. The number of nitrogens with zero attached hydrogens (tertiary/aromatic N) is 3. The van der Waals surface area contributed by atoms with Crippen LogP contribution in [0, 0.1) is 5.92 Å². The highest BCUT2D eigenvalue weighted by Crippen LogP contribution is 2.36. The fourth-order valence-corrected chi connectivity index (χ4v) is 3.38. The number of ether oxygens (including phenoxy) is 1. The Hall–Kier alpha value is -1.07. The Morgan fingerprint density at radius 2 is 2.26 bits per heavy atom. The van der Waals surface area contributed by atoms with E-state index < -0.39 is 0 Å². The first-order valence-electron chi connectivity index (χ1n) is 7.36. The number of anilines is 1. The van der Waals surface area contributed by atoms with Gasteiger partial charge < -0.3 is 19.5 Å². The molecule has 2 bridgehead atoms. The minimum absolute atomic E-state index is 0.606. The molecule has 19 heavy (non-hydrogen) atoms. The third kappa shape index (κ3) is 2.77. The second-order valence-corrected chi connectivity index (χ2v) is 5.64.